The Hall–Kier alpha value is -1.91. The van der Waals surface area contributed by atoms with Crippen LogP contribution in [0.4, 0.5) is 9.18 Å². The van der Waals surface area contributed by atoms with E-state index in [1.54, 1.807) is 6.07 Å². The molecule has 0 radical (unpaired) electrons. The monoisotopic (exact) mass is 240 g/mol. The zero-order valence-electron chi connectivity index (χ0n) is 9.19. The molecule has 0 fully saturated rings. The second kappa shape index (κ2) is 6.62. The predicted octanol–water partition coefficient (Wildman–Crippen LogP) is 2.87. The lowest BCUT2D eigenvalue weighted by Gasteiger charge is -2.02. The minimum Gasteiger partial charge on any atom is -0.450 e. The normalized spacial score (nSPS) is 9.94. The number of unbranched alkanes of at least 4 members (excludes halogenated alkanes) is 1. The van der Waals surface area contributed by atoms with Gasteiger partial charge in [-0.2, -0.15) is 0 Å². The summed E-state index contributed by atoms with van der Waals surface area (Å²) >= 11 is 0. The molecule has 0 bridgehead atoms. The first-order chi connectivity index (χ1) is 8.11. The molecule has 1 N–H and O–H groups in total. The molecule has 0 heterocycles. The number of carbonyl (C=O) groups excluding carboxylic acids is 1. The minimum absolute atomic E-state index is 0.0554. The van der Waals surface area contributed by atoms with Crippen LogP contribution in [0.25, 0.3) is 0 Å². The fraction of sp³-hybridized carbons (Fsp3) is 0.333. The predicted molar refractivity (Wildman–Crippen MR) is 58.6 cm³/mol. The molecule has 5 heteroatoms. The maximum absolute atomic E-state index is 13.2. The van der Waals surface area contributed by atoms with Gasteiger partial charge in [0.05, 0.1) is 12.2 Å². The summed E-state index contributed by atoms with van der Waals surface area (Å²) in [5.41, 5.74) is 0.0756. The van der Waals surface area contributed by atoms with E-state index in [0.29, 0.717) is 12.8 Å². The highest BCUT2D eigenvalue weighted by atomic mass is 19.1. The van der Waals surface area contributed by atoms with Crippen LogP contribution in [0, 0.1) is 5.82 Å². The Balaban J connectivity index is 2.31. The fourth-order valence-electron chi connectivity index (χ4n) is 1.37. The molecule has 0 aliphatic rings. The molecule has 0 saturated carbocycles. The largest absolute Gasteiger partial charge is 0.505 e. The van der Waals surface area contributed by atoms with Crippen LogP contribution in [-0.4, -0.2) is 23.7 Å². The zero-order chi connectivity index (χ0) is 12.7. The topological polar surface area (TPSA) is 63.6 Å². The van der Waals surface area contributed by atoms with E-state index in [-0.39, 0.29) is 24.4 Å². The van der Waals surface area contributed by atoms with Gasteiger partial charge >= 0.3 is 6.16 Å². The van der Waals surface area contributed by atoms with Crippen molar-refractivity contribution >= 4 is 11.9 Å². The van der Waals surface area contributed by atoms with Crippen LogP contribution in [0.3, 0.4) is 0 Å². The lowest BCUT2D eigenvalue weighted by atomic mass is 10.1. The molecule has 0 unspecified atom stereocenters. The van der Waals surface area contributed by atoms with E-state index in [1.165, 1.54) is 18.2 Å². The average Bonchev–Trinajstić information content (AvgIpc) is 2.28. The highest BCUT2D eigenvalue weighted by Crippen LogP contribution is 2.11. The number of carbonyl (C=O) groups is 2. The molecule has 92 valence electrons. The summed E-state index contributed by atoms with van der Waals surface area (Å²) in [5, 5.41) is 8.20. The lowest BCUT2D eigenvalue weighted by Crippen LogP contribution is -2.05. The molecule has 0 spiro atoms. The number of rotatable bonds is 6. The van der Waals surface area contributed by atoms with E-state index in [4.69, 9.17) is 5.11 Å². The second-order valence-corrected chi connectivity index (χ2v) is 3.47. The summed E-state index contributed by atoms with van der Waals surface area (Å²) in [6.45, 7) is 0.0554. The third-order valence-electron chi connectivity index (χ3n) is 2.20. The highest BCUT2D eigenvalue weighted by molar-refractivity contribution is 5.96. The number of hydrogen-bond donors (Lipinski definition) is 1. The molecule has 0 atom stereocenters. The summed E-state index contributed by atoms with van der Waals surface area (Å²) in [6, 6.07) is 5.79. The number of carboxylic acid groups (broad SMARTS) is 1. The van der Waals surface area contributed by atoms with Crippen molar-refractivity contribution < 1.29 is 23.8 Å². The van der Waals surface area contributed by atoms with E-state index in [9.17, 15) is 14.0 Å². The smallest absolute Gasteiger partial charge is 0.450 e. The van der Waals surface area contributed by atoms with Crippen LogP contribution in [0.5, 0.6) is 0 Å². The number of Topliss-reactive ketones (excluding diaryl/α,β-unsaturated/α-hetero) is 1. The van der Waals surface area contributed by atoms with Gasteiger partial charge in [-0.15, -0.1) is 0 Å². The van der Waals surface area contributed by atoms with Gasteiger partial charge < -0.3 is 9.84 Å². The Morgan fingerprint density at radius 1 is 1.24 bits per heavy atom. The Kier molecular flexibility index (Phi) is 5.13. The maximum Gasteiger partial charge on any atom is 0.505 e. The molecule has 17 heavy (non-hydrogen) atoms. The minimum atomic E-state index is -1.33. The number of halogens is 1. The molecule has 0 aliphatic heterocycles. The summed E-state index contributed by atoms with van der Waals surface area (Å²) in [7, 11) is 0. The zero-order valence-corrected chi connectivity index (χ0v) is 9.19. The van der Waals surface area contributed by atoms with Crippen LogP contribution in [-0.2, 0) is 4.74 Å². The Bertz CT molecular complexity index is 403. The number of ketones is 1. The molecule has 0 aromatic heterocycles. The number of ether oxygens (including phenoxy) is 1. The van der Waals surface area contributed by atoms with Crippen LogP contribution in [0.2, 0.25) is 0 Å². The van der Waals surface area contributed by atoms with Crippen molar-refractivity contribution in [3.8, 4) is 0 Å². The highest BCUT2D eigenvalue weighted by Gasteiger charge is 2.10. The summed E-state index contributed by atoms with van der Waals surface area (Å²) in [5.74, 6) is -0.808. The fourth-order valence-corrected chi connectivity index (χ4v) is 1.37. The lowest BCUT2D eigenvalue weighted by molar-refractivity contribution is 0.0889. The molecule has 1 aromatic carbocycles. The van der Waals surface area contributed by atoms with E-state index in [2.05, 4.69) is 4.74 Å². The Morgan fingerprint density at radius 2 is 1.94 bits per heavy atom. The van der Waals surface area contributed by atoms with Crippen LogP contribution >= 0.6 is 0 Å². The van der Waals surface area contributed by atoms with Gasteiger partial charge in [-0.3, -0.25) is 4.79 Å². The van der Waals surface area contributed by atoms with Gasteiger partial charge in [0, 0.05) is 6.42 Å². The van der Waals surface area contributed by atoms with Gasteiger partial charge in [0.2, 0.25) is 0 Å². The van der Waals surface area contributed by atoms with Gasteiger partial charge in [-0.25, -0.2) is 9.18 Å². The first kappa shape index (κ1) is 13.2. The van der Waals surface area contributed by atoms with E-state index >= 15 is 0 Å². The first-order valence-corrected chi connectivity index (χ1v) is 5.24. The quantitative estimate of drug-likeness (QED) is 0.471. The molecule has 0 aliphatic carbocycles. The molecule has 1 rings (SSSR count). The van der Waals surface area contributed by atoms with E-state index in [1.807, 2.05) is 0 Å². The van der Waals surface area contributed by atoms with Gasteiger partial charge in [-0.1, -0.05) is 12.1 Å². The summed E-state index contributed by atoms with van der Waals surface area (Å²) in [6.07, 6.45) is -0.220. The number of hydrogen-bond acceptors (Lipinski definition) is 3. The van der Waals surface area contributed by atoms with Gasteiger partial charge in [-0.05, 0) is 25.0 Å². The standard InChI is InChI=1S/C12H13FO4/c13-10-6-2-1-5-9(10)11(14)7-3-4-8-17-12(15)16/h1-2,5-6H,3-4,7-8H2,(H,15,16). The molecule has 0 saturated heterocycles. The molecule has 1 aromatic rings. The SMILES string of the molecule is O=C(O)OCCCCC(=O)c1ccccc1F. The van der Waals surface area contributed by atoms with Crippen LogP contribution < -0.4 is 0 Å². The van der Waals surface area contributed by atoms with Crippen LogP contribution in [0.15, 0.2) is 24.3 Å². The first-order valence-electron chi connectivity index (χ1n) is 5.24. The molecule has 0 amide bonds. The van der Waals surface area contributed by atoms with Crippen molar-refractivity contribution in [3.63, 3.8) is 0 Å². The maximum atomic E-state index is 13.2. The summed E-state index contributed by atoms with van der Waals surface area (Å²) in [4.78, 5) is 21.6. The van der Waals surface area contributed by atoms with E-state index in [0.717, 1.165) is 0 Å². The third kappa shape index (κ3) is 4.63. The van der Waals surface area contributed by atoms with Gasteiger partial charge in [0.1, 0.15) is 5.82 Å². The van der Waals surface area contributed by atoms with Gasteiger partial charge in [0.25, 0.3) is 0 Å². The Morgan fingerprint density at radius 3 is 2.59 bits per heavy atom. The average molecular weight is 240 g/mol. The third-order valence-corrected chi connectivity index (χ3v) is 2.20. The molecular formula is C12H13FO4. The van der Waals surface area contributed by atoms with E-state index < -0.39 is 12.0 Å². The second-order valence-electron chi connectivity index (χ2n) is 3.47. The molecule has 4 nitrogen and oxygen atoms in total. The Labute approximate surface area is 98.0 Å². The van der Waals surface area contributed by atoms with Crippen molar-refractivity contribution in [2.75, 3.05) is 6.61 Å². The van der Waals surface area contributed by atoms with Crippen molar-refractivity contribution in [2.45, 2.75) is 19.3 Å². The van der Waals surface area contributed by atoms with Crippen molar-refractivity contribution in [1.82, 2.24) is 0 Å². The van der Waals surface area contributed by atoms with Crippen molar-refractivity contribution in [3.05, 3.63) is 35.6 Å². The summed E-state index contributed by atoms with van der Waals surface area (Å²) < 4.78 is 17.5. The molecular weight excluding hydrogens is 227 g/mol. The van der Waals surface area contributed by atoms with Crippen molar-refractivity contribution in [2.24, 2.45) is 0 Å². The van der Waals surface area contributed by atoms with Gasteiger partial charge in [0.15, 0.2) is 5.78 Å². The number of benzene rings is 1. The van der Waals surface area contributed by atoms with Crippen molar-refractivity contribution in [1.29, 1.82) is 0 Å². The van der Waals surface area contributed by atoms with Crippen LogP contribution in [0.1, 0.15) is 29.6 Å².